The topological polar surface area (TPSA) is 37.3 Å². The Bertz CT molecular complexity index is 120. The summed E-state index contributed by atoms with van der Waals surface area (Å²) in [5.41, 5.74) is 0. The van der Waals surface area contributed by atoms with Gasteiger partial charge < -0.3 is 5.11 Å². The summed E-state index contributed by atoms with van der Waals surface area (Å²) in [6.45, 7) is 2.14. The third-order valence-corrected chi connectivity index (χ3v) is 2.43. The van der Waals surface area contributed by atoms with E-state index in [1.54, 1.807) is 0 Å². The first-order valence-electron chi connectivity index (χ1n) is 4.05. The normalized spacial score (nSPS) is 11.8. The molecular formula is C8H16BrClO2. The molecule has 2 nitrogen and oxygen atoms in total. The molecule has 12 heavy (non-hydrogen) atoms. The number of unbranched alkanes of at least 4 members (excludes halogenated alkanes) is 3. The molecule has 0 aromatic carbocycles. The number of hydrogen-bond acceptors (Lipinski definition) is 1. The third kappa shape index (κ3) is 8.34. The summed E-state index contributed by atoms with van der Waals surface area (Å²) in [6.07, 6.45) is 5.30. The highest BCUT2D eigenvalue weighted by Gasteiger charge is 2.11. The highest BCUT2D eigenvalue weighted by molar-refractivity contribution is 9.10. The van der Waals surface area contributed by atoms with Crippen molar-refractivity contribution < 1.29 is 9.90 Å². The summed E-state index contributed by atoms with van der Waals surface area (Å²) in [4.78, 5) is 9.97. The summed E-state index contributed by atoms with van der Waals surface area (Å²) in [7, 11) is 0. The van der Waals surface area contributed by atoms with Gasteiger partial charge in [0, 0.05) is 0 Å². The second-order valence-corrected chi connectivity index (χ2v) is 3.76. The molecule has 0 radical (unpaired) electrons. The van der Waals surface area contributed by atoms with Crippen molar-refractivity contribution in [1.29, 1.82) is 0 Å². The third-order valence-electron chi connectivity index (χ3n) is 1.58. The number of alkyl halides is 1. The zero-order chi connectivity index (χ0) is 8.69. The van der Waals surface area contributed by atoms with Crippen LogP contribution in [-0.4, -0.2) is 15.9 Å². The quantitative estimate of drug-likeness (QED) is 0.587. The van der Waals surface area contributed by atoms with Gasteiger partial charge in [0.2, 0.25) is 0 Å². The van der Waals surface area contributed by atoms with Crippen molar-refractivity contribution in [3.63, 3.8) is 0 Å². The van der Waals surface area contributed by atoms with Gasteiger partial charge in [0.15, 0.2) is 0 Å². The zero-order valence-corrected chi connectivity index (χ0v) is 9.66. The second kappa shape index (κ2) is 9.33. The molecule has 0 fully saturated rings. The predicted molar refractivity (Wildman–Crippen MR) is 56.4 cm³/mol. The van der Waals surface area contributed by atoms with Gasteiger partial charge >= 0.3 is 5.97 Å². The molecule has 0 heterocycles. The first-order chi connectivity index (χ1) is 5.18. The van der Waals surface area contributed by atoms with E-state index in [9.17, 15) is 4.79 Å². The highest BCUT2D eigenvalue weighted by Crippen LogP contribution is 2.11. The molecule has 0 aliphatic rings. The fourth-order valence-corrected chi connectivity index (χ4v) is 1.20. The maximum absolute atomic E-state index is 10.3. The van der Waals surface area contributed by atoms with E-state index < -0.39 is 5.97 Å². The number of aliphatic carboxylic acids is 1. The van der Waals surface area contributed by atoms with Gasteiger partial charge in [0.05, 0.1) is 0 Å². The Kier molecular flexibility index (Phi) is 11.5. The average molecular weight is 260 g/mol. The van der Waals surface area contributed by atoms with Crippen LogP contribution in [0.3, 0.4) is 0 Å². The lowest BCUT2D eigenvalue weighted by Gasteiger charge is -2.02. The van der Waals surface area contributed by atoms with Gasteiger partial charge in [-0.15, -0.1) is 12.4 Å². The predicted octanol–water partition coefficient (Wildman–Crippen LogP) is 3.23. The minimum atomic E-state index is -0.749. The molecule has 1 atom stereocenters. The SMILES string of the molecule is CCCCCCC(Br)C(=O)O.Cl. The van der Waals surface area contributed by atoms with Gasteiger partial charge in [-0.1, -0.05) is 48.5 Å². The van der Waals surface area contributed by atoms with E-state index in [-0.39, 0.29) is 17.2 Å². The van der Waals surface area contributed by atoms with Crippen LogP contribution in [0.15, 0.2) is 0 Å². The van der Waals surface area contributed by atoms with Crippen molar-refractivity contribution in [2.24, 2.45) is 0 Å². The van der Waals surface area contributed by atoms with Crippen molar-refractivity contribution in [1.82, 2.24) is 0 Å². The molecule has 4 heteroatoms. The van der Waals surface area contributed by atoms with Crippen LogP contribution in [0.5, 0.6) is 0 Å². The van der Waals surface area contributed by atoms with Crippen LogP contribution in [0.4, 0.5) is 0 Å². The fourth-order valence-electron chi connectivity index (χ4n) is 0.874. The number of carboxylic acid groups (broad SMARTS) is 1. The molecule has 0 spiro atoms. The van der Waals surface area contributed by atoms with E-state index in [2.05, 4.69) is 22.9 Å². The van der Waals surface area contributed by atoms with Crippen molar-refractivity contribution in [2.45, 2.75) is 43.9 Å². The van der Waals surface area contributed by atoms with Crippen molar-refractivity contribution in [3.8, 4) is 0 Å². The molecule has 0 saturated carbocycles. The maximum Gasteiger partial charge on any atom is 0.317 e. The molecule has 0 aliphatic carbocycles. The maximum atomic E-state index is 10.3. The molecule has 1 unspecified atom stereocenters. The number of rotatable bonds is 6. The van der Waals surface area contributed by atoms with Gasteiger partial charge in [-0.3, -0.25) is 4.79 Å². The highest BCUT2D eigenvalue weighted by atomic mass is 79.9. The van der Waals surface area contributed by atoms with Gasteiger partial charge in [-0.05, 0) is 6.42 Å². The molecule has 0 aromatic rings. The van der Waals surface area contributed by atoms with E-state index in [0.29, 0.717) is 0 Å². The minimum Gasteiger partial charge on any atom is -0.480 e. The Balaban J connectivity index is 0. The lowest BCUT2D eigenvalue weighted by molar-refractivity contribution is -0.136. The molecule has 74 valence electrons. The Morgan fingerprint density at radius 1 is 1.42 bits per heavy atom. The monoisotopic (exact) mass is 258 g/mol. The summed E-state index contributed by atoms with van der Waals surface area (Å²) in [6, 6.07) is 0. The Hall–Kier alpha value is 0.240. The molecular weight excluding hydrogens is 243 g/mol. The summed E-state index contributed by atoms with van der Waals surface area (Å²) >= 11 is 3.09. The van der Waals surface area contributed by atoms with E-state index in [1.807, 2.05) is 0 Å². The summed E-state index contributed by atoms with van der Waals surface area (Å²) in [5.74, 6) is -0.749. The number of carbonyl (C=O) groups is 1. The van der Waals surface area contributed by atoms with Crippen LogP contribution >= 0.6 is 28.3 Å². The van der Waals surface area contributed by atoms with Crippen LogP contribution in [0.2, 0.25) is 0 Å². The fraction of sp³-hybridized carbons (Fsp3) is 0.875. The van der Waals surface area contributed by atoms with Gasteiger partial charge in [-0.25, -0.2) is 0 Å². The van der Waals surface area contributed by atoms with E-state index >= 15 is 0 Å². The molecule has 0 saturated heterocycles. The Labute approximate surface area is 88.3 Å². The minimum absolute atomic E-state index is 0. The number of carboxylic acids is 1. The molecule has 1 N–H and O–H groups in total. The standard InChI is InChI=1S/C8H15BrO2.ClH/c1-2-3-4-5-6-7(9)8(10)11;/h7H,2-6H2,1H3,(H,10,11);1H. The zero-order valence-electron chi connectivity index (χ0n) is 7.25. The molecule has 0 bridgehead atoms. The second-order valence-electron chi connectivity index (χ2n) is 2.66. The lowest BCUT2D eigenvalue weighted by Crippen LogP contribution is -2.11. The number of halogens is 2. The van der Waals surface area contributed by atoms with Crippen LogP contribution in [0.1, 0.15) is 39.0 Å². The van der Waals surface area contributed by atoms with Crippen molar-refractivity contribution in [2.75, 3.05) is 0 Å². The van der Waals surface area contributed by atoms with Crippen LogP contribution < -0.4 is 0 Å². The molecule has 0 aromatic heterocycles. The van der Waals surface area contributed by atoms with Crippen molar-refractivity contribution in [3.05, 3.63) is 0 Å². The van der Waals surface area contributed by atoms with E-state index in [1.165, 1.54) is 12.8 Å². The van der Waals surface area contributed by atoms with E-state index in [4.69, 9.17) is 5.11 Å². The smallest absolute Gasteiger partial charge is 0.317 e. The van der Waals surface area contributed by atoms with Crippen LogP contribution in [0.25, 0.3) is 0 Å². The van der Waals surface area contributed by atoms with Gasteiger partial charge in [0.25, 0.3) is 0 Å². The van der Waals surface area contributed by atoms with Crippen LogP contribution in [0, 0.1) is 0 Å². The number of hydrogen-bond donors (Lipinski definition) is 1. The first-order valence-corrected chi connectivity index (χ1v) is 4.97. The summed E-state index contributed by atoms with van der Waals surface area (Å²) in [5, 5.41) is 8.49. The van der Waals surface area contributed by atoms with E-state index in [0.717, 1.165) is 19.3 Å². The molecule has 0 amide bonds. The van der Waals surface area contributed by atoms with Crippen molar-refractivity contribution >= 4 is 34.3 Å². The lowest BCUT2D eigenvalue weighted by atomic mass is 10.1. The Morgan fingerprint density at radius 2 is 2.00 bits per heavy atom. The summed E-state index contributed by atoms with van der Waals surface area (Å²) < 4.78 is 0. The van der Waals surface area contributed by atoms with Gasteiger partial charge in [0.1, 0.15) is 4.83 Å². The molecule has 0 rings (SSSR count). The van der Waals surface area contributed by atoms with Gasteiger partial charge in [-0.2, -0.15) is 0 Å². The largest absolute Gasteiger partial charge is 0.480 e. The first kappa shape index (κ1) is 14.7. The Morgan fingerprint density at radius 3 is 2.42 bits per heavy atom. The van der Waals surface area contributed by atoms with Crippen LogP contribution in [-0.2, 0) is 4.79 Å². The average Bonchev–Trinajstić information content (AvgIpc) is 1.97. The molecule has 0 aliphatic heterocycles.